The molecule has 0 aliphatic heterocycles. The van der Waals surface area contributed by atoms with Gasteiger partial charge in [-0.15, -0.1) is 16.9 Å². The third-order valence-electron chi connectivity index (χ3n) is 2.39. The number of carboxylic acid groups (broad SMARTS) is 1. The summed E-state index contributed by atoms with van der Waals surface area (Å²) in [6.45, 7) is 1.82. The molecule has 0 atom stereocenters. The average Bonchev–Trinajstić information content (AvgIpc) is 3.04. The molecule has 0 fully saturated rings. The fourth-order valence-corrected chi connectivity index (χ4v) is 2.26. The zero-order chi connectivity index (χ0) is 16.1. The van der Waals surface area contributed by atoms with Gasteiger partial charge in [0.15, 0.2) is 5.69 Å². The summed E-state index contributed by atoms with van der Waals surface area (Å²) in [5, 5.41) is 23.2. The summed E-state index contributed by atoms with van der Waals surface area (Å²) in [5.41, 5.74) is 5.85. The lowest BCUT2D eigenvalue weighted by molar-refractivity contribution is -0.133. The van der Waals surface area contributed by atoms with Crippen molar-refractivity contribution in [3.05, 3.63) is 11.4 Å². The Hall–Kier alpha value is -2.63. The molecule has 2 aromatic rings. The molecule has 0 amide bonds. The van der Waals surface area contributed by atoms with Crippen molar-refractivity contribution in [3.8, 4) is 5.82 Å². The van der Waals surface area contributed by atoms with Gasteiger partial charge in [-0.05, 0) is 17.2 Å². The van der Waals surface area contributed by atoms with Crippen LogP contribution in [0.4, 0.5) is 5.82 Å². The average molecular weight is 328 g/mol. The first-order valence-electron chi connectivity index (χ1n) is 6.04. The van der Waals surface area contributed by atoms with E-state index in [4.69, 9.17) is 15.6 Å². The molecule has 0 unspecified atom stereocenters. The first kappa shape index (κ1) is 15.8. The van der Waals surface area contributed by atoms with Crippen molar-refractivity contribution in [1.29, 1.82) is 0 Å². The van der Waals surface area contributed by atoms with Crippen LogP contribution in [0.2, 0.25) is 0 Å². The molecule has 12 heteroatoms. The van der Waals surface area contributed by atoms with Gasteiger partial charge in [-0.2, -0.15) is 4.68 Å². The highest BCUT2D eigenvalue weighted by Crippen LogP contribution is 2.21. The minimum absolute atomic E-state index is 0.0372. The Morgan fingerprint density at radius 1 is 1.45 bits per heavy atom. The molecule has 0 saturated heterocycles. The Balaban J connectivity index is 2.35. The highest BCUT2D eigenvalue weighted by Gasteiger charge is 2.24. The van der Waals surface area contributed by atoms with Gasteiger partial charge in [0, 0.05) is 5.75 Å². The fourth-order valence-electron chi connectivity index (χ4n) is 1.53. The van der Waals surface area contributed by atoms with Gasteiger partial charge in [-0.3, -0.25) is 4.79 Å². The molecule has 0 aliphatic carbocycles. The number of aliphatic carboxylic acids is 1. The third-order valence-corrected chi connectivity index (χ3v) is 3.32. The van der Waals surface area contributed by atoms with Crippen LogP contribution < -0.4 is 5.73 Å². The number of carbonyl (C=O) groups excluding carboxylic acids is 1. The van der Waals surface area contributed by atoms with Crippen molar-refractivity contribution in [1.82, 2.24) is 25.3 Å². The normalized spacial score (nSPS) is 10.6. The van der Waals surface area contributed by atoms with Crippen LogP contribution in [0.3, 0.4) is 0 Å². The highest BCUT2D eigenvalue weighted by molar-refractivity contribution is 7.99. The van der Waals surface area contributed by atoms with E-state index in [1.807, 2.05) is 0 Å². The second-order valence-corrected chi connectivity index (χ2v) is 4.86. The summed E-state index contributed by atoms with van der Waals surface area (Å²) in [4.78, 5) is 22.5. The molecule has 3 N–H and O–H groups in total. The summed E-state index contributed by atoms with van der Waals surface area (Å²) in [6.07, 6.45) is 0. The van der Waals surface area contributed by atoms with Crippen LogP contribution in [0, 0.1) is 0 Å². The van der Waals surface area contributed by atoms with Crippen molar-refractivity contribution < 1.29 is 24.1 Å². The smallest absolute Gasteiger partial charge is 0.360 e. The molecule has 118 valence electrons. The Morgan fingerprint density at radius 3 is 2.82 bits per heavy atom. The number of hydrogen-bond acceptors (Lipinski definition) is 10. The van der Waals surface area contributed by atoms with Crippen molar-refractivity contribution >= 4 is 29.5 Å². The third kappa shape index (κ3) is 3.33. The fraction of sp³-hybridized carbons (Fsp3) is 0.400. The molecule has 0 spiro atoms. The van der Waals surface area contributed by atoms with Gasteiger partial charge in [0.2, 0.25) is 11.6 Å². The van der Waals surface area contributed by atoms with Gasteiger partial charge < -0.3 is 15.6 Å². The van der Waals surface area contributed by atoms with E-state index in [1.54, 1.807) is 6.92 Å². The predicted octanol–water partition coefficient (Wildman–Crippen LogP) is -0.273. The van der Waals surface area contributed by atoms with Crippen LogP contribution in [0.1, 0.15) is 23.1 Å². The largest absolute Gasteiger partial charge is 0.481 e. The molecule has 2 aromatic heterocycles. The first-order valence-corrected chi connectivity index (χ1v) is 7.19. The van der Waals surface area contributed by atoms with E-state index in [0.717, 1.165) is 11.8 Å². The Bertz CT molecular complexity index is 683. The minimum Gasteiger partial charge on any atom is -0.481 e. The summed E-state index contributed by atoms with van der Waals surface area (Å²) < 4.78 is 10.5. The van der Waals surface area contributed by atoms with Crippen LogP contribution in [-0.4, -0.2) is 54.7 Å². The Morgan fingerprint density at radius 2 is 2.23 bits per heavy atom. The second-order valence-electron chi connectivity index (χ2n) is 3.88. The molecule has 0 radical (unpaired) electrons. The molecule has 2 heterocycles. The quantitative estimate of drug-likeness (QED) is 0.644. The van der Waals surface area contributed by atoms with Gasteiger partial charge in [0.25, 0.3) is 0 Å². The van der Waals surface area contributed by atoms with Crippen molar-refractivity contribution in [3.63, 3.8) is 0 Å². The van der Waals surface area contributed by atoms with Gasteiger partial charge in [0.1, 0.15) is 0 Å². The number of nitrogens with zero attached hydrogens (tertiary/aromatic N) is 5. The van der Waals surface area contributed by atoms with Crippen LogP contribution in [-0.2, 0) is 15.3 Å². The lowest BCUT2D eigenvalue weighted by atomic mass is 10.3. The predicted molar refractivity (Wildman–Crippen MR) is 73.4 cm³/mol. The Labute approximate surface area is 127 Å². The molecule has 0 aliphatic rings. The van der Waals surface area contributed by atoms with E-state index >= 15 is 0 Å². The van der Waals surface area contributed by atoms with Crippen LogP contribution in [0.15, 0.2) is 4.63 Å². The summed E-state index contributed by atoms with van der Waals surface area (Å²) in [7, 11) is 0. The summed E-state index contributed by atoms with van der Waals surface area (Å²) in [5.74, 6) is -1.64. The number of hydrogen-bond donors (Lipinski definition) is 2. The van der Waals surface area contributed by atoms with Crippen LogP contribution >= 0.6 is 11.8 Å². The molecule has 2 rings (SSSR count). The molecule has 22 heavy (non-hydrogen) atoms. The first-order chi connectivity index (χ1) is 10.5. The SMILES string of the molecule is CCOC(=O)c1nnn(-c2nonc2N)c1CSCC(=O)O. The molecular formula is C10H12N6O5S. The minimum atomic E-state index is -0.982. The number of nitrogens with two attached hydrogens (primary N) is 1. The van der Waals surface area contributed by atoms with E-state index < -0.39 is 11.9 Å². The highest BCUT2D eigenvalue weighted by atomic mass is 32.2. The molecule has 0 saturated carbocycles. The molecule has 11 nitrogen and oxygen atoms in total. The Kier molecular flexibility index (Phi) is 4.93. The van der Waals surface area contributed by atoms with Gasteiger partial charge in [-0.1, -0.05) is 5.21 Å². The number of anilines is 1. The maximum absolute atomic E-state index is 11.9. The lowest BCUT2D eigenvalue weighted by Crippen LogP contribution is -2.11. The zero-order valence-electron chi connectivity index (χ0n) is 11.4. The zero-order valence-corrected chi connectivity index (χ0v) is 12.2. The van der Waals surface area contributed by atoms with Gasteiger partial charge >= 0.3 is 11.9 Å². The summed E-state index contributed by atoms with van der Waals surface area (Å²) in [6, 6.07) is 0. The number of esters is 1. The maximum Gasteiger partial charge on any atom is 0.360 e. The van der Waals surface area contributed by atoms with E-state index in [-0.39, 0.29) is 35.4 Å². The van der Waals surface area contributed by atoms with Crippen LogP contribution in [0.25, 0.3) is 5.82 Å². The van der Waals surface area contributed by atoms with Crippen molar-refractivity contribution in [2.75, 3.05) is 18.1 Å². The van der Waals surface area contributed by atoms with E-state index in [0.29, 0.717) is 5.69 Å². The molecule has 0 aromatic carbocycles. The number of thioether (sulfide) groups is 1. The van der Waals surface area contributed by atoms with Gasteiger partial charge in [0.05, 0.1) is 18.1 Å². The van der Waals surface area contributed by atoms with Crippen LogP contribution in [0.5, 0.6) is 0 Å². The maximum atomic E-state index is 11.9. The molecular weight excluding hydrogens is 316 g/mol. The summed E-state index contributed by atoms with van der Waals surface area (Å²) >= 11 is 1.06. The van der Waals surface area contributed by atoms with E-state index in [1.165, 1.54) is 4.68 Å². The van der Waals surface area contributed by atoms with Gasteiger partial charge in [-0.25, -0.2) is 9.42 Å². The van der Waals surface area contributed by atoms with E-state index in [9.17, 15) is 9.59 Å². The number of rotatable bonds is 7. The molecule has 0 bridgehead atoms. The van der Waals surface area contributed by atoms with E-state index in [2.05, 4.69) is 25.3 Å². The number of carbonyl (C=O) groups is 2. The van der Waals surface area contributed by atoms with Crippen molar-refractivity contribution in [2.24, 2.45) is 0 Å². The second kappa shape index (κ2) is 6.89. The van der Waals surface area contributed by atoms with Crippen molar-refractivity contribution in [2.45, 2.75) is 12.7 Å². The number of aromatic nitrogens is 5. The standard InChI is InChI=1S/C10H12N6O5S/c1-2-20-10(19)7-5(3-22-4-6(17)18)16(15-12-7)9-8(11)13-21-14-9/h2-4H2,1H3,(H2,11,13)(H,17,18). The topological polar surface area (TPSA) is 159 Å². The number of ether oxygens (including phenoxy) is 1. The number of carboxylic acids is 1. The monoisotopic (exact) mass is 328 g/mol. The lowest BCUT2D eigenvalue weighted by Gasteiger charge is -2.04. The number of nitrogen functional groups attached to an aromatic ring is 1.